The van der Waals surface area contributed by atoms with Crippen molar-refractivity contribution in [3.63, 3.8) is 0 Å². The molecule has 0 heterocycles. The molecule has 0 spiro atoms. The largest absolute Gasteiger partial charge is 0.497 e. The van der Waals surface area contributed by atoms with Crippen LogP contribution in [-0.4, -0.2) is 40.8 Å². The highest BCUT2D eigenvalue weighted by Crippen LogP contribution is 2.35. The second-order valence-corrected chi connectivity index (χ2v) is 9.66. The Balaban J connectivity index is 2.40. The van der Waals surface area contributed by atoms with E-state index in [1.54, 1.807) is 25.1 Å². The van der Waals surface area contributed by atoms with Crippen LogP contribution in [-0.2, 0) is 14.8 Å². The Morgan fingerprint density at radius 1 is 0.968 bits per heavy atom. The number of sulfonamides is 1. The molecule has 31 heavy (non-hydrogen) atoms. The molecule has 7 nitrogen and oxygen atoms in total. The smallest absolute Gasteiger partial charge is 0.244 e. The quantitative estimate of drug-likeness (QED) is 0.666. The minimum absolute atomic E-state index is 0.238. The number of nitrogens with one attached hydrogen (secondary N) is 1. The lowest BCUT2D eigenvalue weighted by molar-refractivity contribution is -0.122. The van der Waals surface area contributed by atoms with Crippen molar-refractivity contribution in [1.82, 2.24) is 5.32 Å². The van der Waals surface area contributed by atoms with Gasteiger partial charge in [0.25, 0.3) is 0 Å². The van der Waals surface area contributed by atoms with Crippen LogP contribution in [0.15, 0.2) is 30.3 Å². The summed E-state index contributed by atoms with van der Waals surface area (Å²) in [7, 11) is -0.872. The molecule has 0 aliphatic heterocycles. The lowest BCUT2D eigenvalue weighted by Crippen LogP contribution is -2.48. The lowest BCUT2D eigenvalue weighted by Gasteiger charge is -2.30. The number of hydrogen-bond donors (Lipinski definition) is 1. The van der Waals surface area contributed by atoms with Gasteiger partial charge in [-0.2, -0.15) is 0 Å². The van der Waals surface area contributed by atoms with Crippen molar-refractivity contribution in [2.24, 2.45) is 0 Å². The van der Waals surface area contributed by atoms with E-state index in [1.807, 2.05) is 27.7 Å². The van der Waals surface area contributed by atoms with Gasteiger partial charge in [0, 0.05) is 6.07 Å². The Hall–Kier alpha value is -2.74. The van der Waals surface area contributed by atoms with E-state index in [-0.39, 0.29) is 11.7 Å². The van der Waals surface area contributed by atoms with Crippen LogP contribution < -0.4 is 19.1 Å². The van der Waals surface area contributed by atoms with Crippen molar-refractivity contribution >= 4 is 21.6 Å². The molecule has 0 unspecified atom stereocenters. The Labute approximate surface area is 185 Å². The fraction of sp³-hybridized carbons (Fsp3) is 0.435. The fourth-order valence-corrected chi connectivity index (χ4v) is 4.78. The number of amides is 1. The Morgan fingerprint density at radius 3 is 2.13 bits per heavy atom. The summed E-state index contributed by atoms with van der Waals surface area (Å²) < 4.78 is 37.0. The average Bonchev–Trinajstić information content (AvgIpc) is 2.69. The molecule has 0 bridgehead atoms. The topological polar surface area (TPSA) is 84.9 Å². The third-order valence-corrected chi connectivity index (χ3v) is 6.65. The maximum atomic E-state index is 13.1. The number of benzene rings is 2. The molecule has 1 amide bonds. The van der Waals surface area contributed by atoms with Crippen molar-refractivity contribution < 1.29 is 22.7 Å². The lowest BCUT2D eigenvalue weighted by atomic mass is 9.96. The number of anilines is 1. The van der Waals surface area contributed by atoms with Crippen LogP contribution in [0.3, 0.4) is 0 Å². The van der Waals surface area contributed by atoms with Crippen LogP contribution >= 0.6 is 0 Å². The van der Waals surface area contributed by atoms with Gasteiger partial charge in [-0.3, -0.25) is 9.10 Å². The van der Waals surface area contributed by atoms with Gasteiger partial charge < -0.3 is 14.8 Å². The predicted octanol–water partition coefficient (Wildman–Crippen LogP) is 3.66. The number of nitrogens with zero attached hydrogens (tertiary/aromatic N) is 1. The molecule has 2 rings (SSSR count). The van der Waals surface area contributed by atoms with E-state index < -0.39 is 22.0 Å². The zero-order valence-corrected chi connectivity index (χ0v) is 20.3. The van der Waals surface area contributed by atoms with Gasteiger partial charge in [0.05, 0.1) is 32.2 Å². The van der Waals surface area contributed by atoms with Crippen LogP contribution in [0.5, 0.6) is 11.5 Å². The maximum Gasteiger partial charge on any atom is 0.244 e. The van der Waals surface area contributed by atoms with E-state index in [4.69, 9.17) is 9.47 Å². The number of carbonyl (C=O) groups excluding carboxylic acids is 1. The summed E-state index contributed by atoms with van der Waals surface area (Å²) in [5.41, 5.74) is 4.61. The van der Waals surface area contributed by atoms with E-state index in [2.05, 4.69) is 17.4 Å². The summed E-state index contributed by atoms with van der Waals surface area (Å²) in [6.07, 6.45) is 1.06. The van der Waals surface area contributed by atoms with Crippen molar-refractivity contribution in [2.75, 3.05) is 24.8 Å². The molecule has 0 aliphatic rings. The third kappa shape index (κ3) is 5.50. The normalized spacial score (nSPS) is 13.3. The van der Waals surface area contributed by atoms with Crippen LogP contribution in [0.1, 0.15) is 42.1 Å². The van der Waals surface area contributed by atoms with Crippen molar-refractivity contribution in [1.29, 1.82) is 0 Å². The summed E-state index contributed by atoms with van der Waals surface area (Å²) in [5.74, 6) is 0.362. The number of hydrogen-bond acceptors (Lipinski definition) is 5. The minimum atomic E-state index is -3.80. The first-order valence-electron chi connectivity index (χ1n) is 10.00. The third-order valence-electron chi connectivity index (χ3n) is 5.42. The number of rotatable bonds is 8. The first kappa shape index (κ1) is 24.5. The monoisotopic (exact) mass is 448 g/mol. The second-order valence-electron chi connectivity index (χ2n) is 7.80. The summed E-state index contributed by atoms with van der Waals surface area (Å²) in [5, 5.41) is 2.95. The van der Waals surface area contributed by atoms with E-state index >= 15 is 0 Å². The molecule has 2 atom stereocenters. The highest BCUT2D eigenvalue weighted by molar-refractivity contribution is 7.92. The predicted molar refractivity (Wildman–Crippen MR) is 124 cm³/mol. The summed E-state index contributed by atoms with van der Waals surface area (Å²) >= 11 is 0. The molecule has 8 heteroatoms. The Bertz CT molecular complexity index is 1070. The Morgan fingerprint density at radius 2 is 1.58 bits per heavy atom. The molecule has 0 saturated heterocycles. The van der Waals surface area contributed by atoms with Crippen molar-refractivity contribution in [2.45, 2.75) is 46.7 Å². The van der Waals surface area contributed by atoms with E-state index in [9.17, 15) is 13.2 Å². The first-order chi connectivity index (χ1) is 14.4. The summed E-state index contributed by atoms with van der Waals surface area (Å²) in [6.45, 7) is 9.50. The molecule has 0 aromatic heterocycles. The van der Waals surface area contributed by atoms with E-state index in [0.717, 1.165) is 27.3 Å². The van der Waals surface area contributed by atoms with E-state index in [1.165, 1.54) is 19.8 Å². The van der Waals surface area contributed by atoms with Gasteiger partial charge in [-0.15, -0.1) is 0 Å². The van der Waals surface area contributed by atoms with Gasteiger partial charge in [0.2, 0.25) is 15.9 Å². The Kier molecular flexibility index (Phi) is 7.59. The highest BCUT2D eigenvalue weighted by atomic mass is 32.2. The minimum Gasteiger partial charge on any atom is -0.497 e. The molecular formula is C23H32N2O5S. The maximum absolute atomic E-state index is 13.1. The standard InChI is InChI=1S/C23H32N2O5S/c1-14-11-16(3)20(12-15(14)2)17(4)24-23(26)18(5)25(31(8,27)28)21-13-19(29-6)9-10-22(21)30-7/h9-13,17-18H,1-8H3,(H,24,26)/t17-,18-/m0/s1. The molecule has 0 fully saturated rings. The van der Waals surface area contributed by atoms with Gasteiger partial charge in [0.15, 0.2) is 0 Å². The van der Waals surface area contributed by atoms with Crippen LogP contribution in [0.4, 0.5) is 5.69 Å². The van der Waals surface area contributed by atoms with Gasteiger partial charge >= 0.3 is 0 Å². The molecule has 0 radical (unpaired) electrons. The van der Waals surface area contributed by atoms with E-state index in [0.29, 0.717) is 11.5 Å². The molecule has 0 saturated carbocycles. The number of ether oxygens (including phenoxy) is 2. The molecule has 1 N–H and O–H groups in total. The van der Waals surface area contributed by atoms with Gasteiger partial charge in [-0.25, -0.2) is 8.42 Å². The zero-order chi connectivity index (χ0) is 23.5. The van der Waals surface area contributed by atoms with Gasteiger partial charge in [-0.1, -0.05) is 12.1 Å². The second kappa shape index (κ2) is 9.60. The number of aryl methyl sites for hydroxylation is 3. The first-order valence-corrected chi connectivity index (χ1v) is 11.8. The molecule has 2 aromatic rings. The van der Waals surface area contributed by atoms with Crippen LogP contribution in [0.2, 0.25) is 0 Å². The van der Waals surface area contributed by atoms with Gasteiger partial charge in [-0.05, 0) is 69.0 Å². The summed E-state index contributed by atoms with van der Waals surface area (Å²) in [4.78, 5) is 13.1. The number of carbonyl (C=O) groups is 1. The van der Waals surface area contributed by atoms with Crippen molar-refractivity contribution in [3.8, 4) is 11.5 Å². The SMILES string of the molecule is COc1ccc(OC)c(N([C@@H](C)C(=O)N[C@@H](C)c2cc(C)c(C)cc2C)S(C)(=O)=O)c1. The molecule has 0 aliphatic carbocycles. The van der Waals surface area contributed by atoms with Crippen molar-refractivity contribution in [3.05, 3.63) is 52.6 Å². The fourth-order valence-electron chi connectivity index (χ4n) is 3.61. The molecule has 170 valence electrons. The molecular weight excluding hydrogens is 416 g/mol. The zero-order valence-electron chi connectivity index (χ0n) is 19.4. The molecule has 2 aromatic carbocycles. The van der Waals surface area contributed by atoms with Crippen LogP contribution in [0, 0.1) is 20.8 Å². The average molecular weight is 449 g/mol. The number of methoxy groups -OCH3 is 2. The summed E-state index contributed by atoms with van der Waals surface area (Å²) in [6, 6.07) is 7.66. The van der Waals surface area contributed by atoms with Gasteiger partial charge in [0.1, 0.15) is 17.5 Å². The highest BCUT2D eigenvalue weighted by Gasteiger charge is 2.32. The van der Waals surface area contributed by atoms with Crippen LogP contribution in [0.25, 0.3) is 0 Å².